The Bertz CT molecular complexity index is 2800. The minimum Gasteiger partial charge on any atom is -0.456 e. The van der Waals surface area contributed by atoms with Crippen molar-refractivity contribution >= 4 is 44.9 Å². The van der Waals surface area contributed by atoms with E-state index in [2.05, 4.69) is 251 Å². The summed E-state index contributed by atoms with van der Waals surface area (Å²) in [6, 6.07) is 57.9. The summed E-state index contributed by atoms with van der Waals surface area (Å²) in [4.78, 5) is 4.67. The van der Waals surface area contributed by atoms with E-state index in [9.17, 15) is 0 Å². The van der Waals surface area contributed by atoms with Crippen LogP contribution in [0.5, 0.6) is 23.0 Å². The van der Waals surface area contributed by atoms with Gasteiger partial charge in [0.05, 0.1) is 0 Å². The predicted octanol–water partition coefficient (Wildman–Crippen LogP) is 18.5. The maximum absolute atomic E-state index is 6.92. The van der Waals surface area contributed by atoms with Crippen LogP contribution in [0, 0.1) is 0 Å². The van der Waals surface area contributed by atoms with Crippen molar-refractivity contribution in [1.82, 2.24) is 0 Å². The summed E-state index contributed by atoms with van der Waals surface area (Å²) in [6.07, 6.45) is 0. The van der Waals surface area contributed by atoms with Crippen molar-refractivity contribution in [3.8, 4) is 45.3 Å². The molecule has 0 fully saturated rings. The average molecular weight is 867 g/mol. The zero-order chi connectivity index (χ0) is 46.5. The van der Waals surface area contributed by atoms with Gasteiger partial charge in [0.15, 0.2) is 0 Å². The molecule has 4 nitrogen and oxygen atoms in total. The van der Waals surface area contributed by atoms with Crippen LogP contribution in [0.4, 0.5) is 34.1 Å². The first-order chi connectivity index (χ1) is 31.2. The van der Waals surface area contributed by atoms with E-state index in [1.807, 2.05) is 0 Å². The Hall–Kier alpha value is -6.78. The molecule has 2 heterocycles. The summed E-state index contributed by atoms with van der Waals surface area (Å²) in [7, 11) is 0. The van der Waals surface area contributed by atoms with Crippen LogP contribution in [0.25, 0.3) is 33.0 Å². The van der Waals surface area contributed by atoms with E-state index >= 15 is 0 Å². The lowest BCUT2D eigenvalue weighted by Gasteiger charge is -2.31. The molecule has 0 unspecified atom stereocenters. The Kier molecular flexibility index (Phi) is 10.1. The predicted molar refractivity (Wildman–Crippen MR) is 279 cm³/mol. The minimum absolute atomic E-state index is 0.0575. The van der Waals surface area contributed by atoms with Crippen LogP contribution in [-0.2, 0) is 21.7 Å². The van der Waals surface area contributed by atoms with Crippen LogP contribution >= 0.6 is 0 Å². The van der Waals surface area contributed by atoms with Crippen molar-refractivity contribution < 1.29 is 9.47 Å². The van der Waals surface area contributed by atoms with Crippen LogP contribution in [0.3, 0.4) is 0 Å². The Labute approximate surface area is 392 Å². The summed E-state index contributed by atoms with van der Waals surface area (Å²) >= 11 is 0. The number of nitrogens with zero attached hydrogens (tertiary/aromatic N) is 2. The van der Waals surface area contributed by atoms with E-state index in [1.165, 1.54) is 22.3 Å². The van der Waals surface area contributed by atoms with E-state index in [0.29, 0.717) is 0 Å². The zero-order valence-electron chi connectivity index (χ0n) is 40.7. The highest BCUT2D eigenvalue weighted by atomic mass is 16.5. The average Bonchev–Trinajstić information content (AvgIpc) is 3.27. The second-order valence-electron chi connectivity index (χ2n) is 22.4. The molecular weight excluding hydrogens is 805 g/mol. The van der Waals surface area contributed by atoms with E-state index in [0.717, 1.165) is 90.1 Å². The number of rotatable bonds is 6. The van der Waals surface area contributed by atoms with Gasteiger partial charge in [-0.25, -0.2) is 0 Å². The van der Waals surface area contributed by atoms with Crippen LogP contribution in [0.15, 0.2) is 158 Å². The van der Waals surface area contributed by atoms with Crippen molar-refractivity contribution in [2.75, 3.05) is 9.80 Å². The van der Waals surface area contributed by atoms with Gasteiger partial charge in [-0.2, -0.15) is 0 Å². The SMILES string of the molecule is CC(C)(C)c1ccc(N(c2ccc(C(C)(C)C)cc2)c2ccc3c(c2)Oc2ccc4c5c(ccc-3c25)-c2ccc(N(c3ccc(C(C)(C)C)cc3)c3ccc(C(C)(C)C)cc3)cc2O4)cc1. The quantitative estimate of drug-likeness (QED) is 0.166. The van der Waals surface area contributed by atoms with E-state index in [-0.39, 0.29) is 21.7 Å². The third-order valence-corrected chi connectivity index (χ3v) is 13.5. The highest BCUT2D eigenvalue weighted by Gasteiger charge is 2.30. The molecule has 0 spiro atoms. The third-order valence-electron chi connectivity index (χ3n) is 13.5. The maximum atomic E-state index is 6.92. The number of anilines is 6. The number of hydrogen-bond acceptors (Lipinski definition) is 4. The number of ether oxygens (including phenoxy) is 2. The Morgan fingerprint density at radius 3 is 0.758 bits per heavy atom. The lowest BCUT2D eigenvalue weighted by atomic mass is 9.86. The van der Waals surface area contributed by atoms with Crippen molar-refractivity contribution in [2.24, 2.45) is 0 Å². The summed E-state index contributed by atoms with van der Waals surface area (Å²) < 4.78 is 13.8. The molecule has 66 heavy (non-hydrogen) atoms. The van der Waals surface area contributed by atoms with E-state index in [4.69, 9.17) is 9.47 Å². The number of hydrogen-bond donors (Lipinski definition) is 0. The molecule has 10 rings (SSSR count). The first-order valence-electron chi connectivity index (χ1n) is 23.5. The van der Waals surface area contributed by atoms with Gasteiger partial charge in [-0.1, -0.05) is 144 Å². The van der Waals surface area contributed by atoms with Gasteiger partial charge in [0.2, 0.25) is 0 Å². The molecule has 0 aliphatic carbocycles. The van der Waals surface area contributed by atoms with Gasteiger partial charge in [0, 0.05) is 68.2 Å². The fourth-order valence-electron chi connectivity index (χ4n) is 9.54. The summed E-state index contributed by atoms with van der Waals surface area (Å²) in [5.41, 5.74) is 16.3. The topological polar surface area (TPSA) is 24.9 Å². The fourth-order valence-corrected chi connectivity index (χ4v) is 9.54. The minimum atomic E-state index is 0.0575. The highest BCUT2D eigenvalue weighted by molar-refractivity contribution is 6.14. The van der Waals surface area contributed by atoms with Gasteiger partial charge in [-0.05, 0) is 140 Å². The van der Waals surface area contributed by atoms with Crippen molar-refractivity contribution in [1.29, 1.82) is 0 Å². The molecule has 4 heteroatoms. The van der Waals surface area contributed by atoms with Crippen molar-refractivity contribution in [2.45, 2.75) is 105 Å². The molecule has 0 aromatic heterocycles. The van der Waals surface area contributed by atoms with Gasteiger partial charge in [0.1, 0.15) is 23.0 Å². The van der Waals surface area contributed by atoms with Crippen LogP contribution < -0.4 is 19.3 Å². The second-order valence-corrected chi connectivity index (χ2v) is 22.4. The lowest BCUT2D eigenvalue weighted by Crippen LogP contribution is -2.14. The normalized spacial score (nSPS) is 13.1. The van der Waals surface area contributed by atoms with Crippen LogP contribution in [0.1, 0.15) is 105 Å². The monoisotopic (exact) mass is 866 g/mol. The molecule has 2 aliphatic heterocycles. The smallest absolute Gasteiger partial charge is 0.137 e. The largest absolute Gasteiger partial charge is 0.456 e. The first kappa shape index (κ1) is 43.1. The van der Waals surface area contributed by atoms with Crippen molar-refractivity contribution in [3.63, 3.8) is 0 Å². The molecular formula is C62H62N2O2. The van der Waals surface area contributed by atoms with Gasteiger partial charge < -0.3 is 19.3 Å². The Morgan fingerprint density at radius 2 is 0.500 bits per heavy atom. The van der Waals surface area contributed by atoms with Gasteiger partial charge in [-0.3, -0.25) is 0 Å². The molecule has 0 atom stereocenters. The Balaban J connectivity index is 1.03. The number of fused-ring (bicyclic) bond motifs is 4. The zero-order valence-corrected chi connectivity index (χ0v) is 40.7. The molecule has 8 aromatic rings. The first-order valence-corrected chi connectivity index (χ1v) is 23.5. The lowest BCUT2D eigenvalue weighted by molar-refractivity contribution is 0.475. The summed E-state index contributed by atoms with van der Waals surface area (Å²) in [6.45, 7) is 27.1. The van der Waals surface area contributed by atoms with Gasteiger partial charge >= 0.3 is 0 Å². The Morgan fingerprint density at radius 1 is 0.258 bits per heavy atom. The highest BCUT2D eigenvalue weighted by Crippen LogP contribution is 2.56. The summed E-state index contributed by atoms with van der Waals surface area (Å²) in [5, 5.41) is 2.15. The molecule has 0 N–H and O–H groups in total. The fraction of sp³-hybridized carbons (Fsp3) is 0.258. The summed E-state index contributed by atoms with van der Waals surface area (Å²) in [5.74, 6) is 3.33. The molecule has 0 bridgehead atoms. The molecule has 0 saturated heterocycles. The van der Waals surface area contributed by atoms with Crippen LogP contribution in [0.2, 0.25) is 0 Å². The van der Waals surface area contributed by atoms with Crippen LogP contribution in [-0.4, -0.2) is 0 Å². The van der Waals surface area contributed by atoms with Gasteiger partial charge in [-0.15, -0.1) is 0 Å². The molecule has 2 aliphatic rings. The van der Waals surface area contributed by atoms with Crippen molar-refractivity contribution in [3.05, 3.63) is 180 Å². The molecule has 332 valence electrons. The molecule has 8 aromatic carbocycles. The molecule has 0 saturated carbocycles. The van der Waals surface area contributed by atoms with E-state index in [1.54, 1.807) is 0 Å². The second kappa shape index (κ2) is 15.4. The molecule has 0 amide bonds. The molecule has 0 radical (unpaired) electrons. The van der Waals surface area contributed by atoms with Gasteiger partial charge in [0.25, 0.3) is 0 Å². The van der Waals surface area contributed by atoms with E-state index < -0.39 is 0 Å². The maximum Gasteiger partial charge on any atom is 0.137 e. The number of benzene rings is 8. The standard InChI is InChI=1S/C62H62N2O2/c1-59(2,3)39-13-21-43(22-14-39)63(44-23-15-40(16-24-44)60(4,5)6)47-29-31-49-51-33-34-52-50-32-30-48(38-56(50)66-54-36-35-53(57(51)58(52)54)65-55(49)37-47)64(45-25-17-41(18-26-45)61(7,8)9)46-27-19-42(20-28-46)62(10,11)12/h13-38H,1-12H3. The third kappa shape index (κ3) is 7.70.